The van der Waals surface area contributed by atoms with Crippen molar-refractivity contribution in [3.05, 3.63) is 34.3 Å². The van der Waals surface area contributed by atoms with Gasteiger partial charge >= 0.3 is 0 Å². The van der Waals surface area contributed by atoms with Gasteiger partial charge in [0.15, 0.2) is 0 Å². The first-order valence-corrected chi connectivity index (χ1v) is 6.23. The third-order valence-corrected chi connectivity index (χ3v) is 3.38. The molecule has 1 aromatic rings. The summed E-state index contributed by atoms with van der Waals surface area (Å²) in [7, 11) is 2.01. The van der Waals surface area contributed by atoms with Crippen LogP contribution in [0.15, 0.2) is 33.9 Å². The van der Waals surface area contributed by atoms with Crippen LogP contribution in [0.1, 0.15) is 12.5 Å². The van der Waals surface area contributed by atoms with Gasteiger partial charge in [0.1, 0.15) is 5.84 Å². The van der Waals surface area contributed by atoms with E-state index in [1.54, 1.807) is 0 Å². The maximum atomic E-state index is 8.59. The van der Waals surface area contributed by atoms with Crippen LogP contribution in [0.3, 0.4) is 0 Å². The second kappa shape index (κ2) is 6.61. The Bertz CT molecular complexity index is 395. The molecule has 3 N–H and O–H groups in total. The highest BCUT2D eigenvalue weighted by Gasteiger charge is 2.11. The van der Waals surface area contributed by atoms with Crippen LogP contribution in [0.25, 0.3) is 0 Å². The van der Waals surface area contributed by atoms with Crippen molar-refractivity contribution in [2.45, 2.75) is 13.5 Å². The van der Waals surface area contributed by atoms with Gasteiger partial charge in [0.25, 0.3) is 0 Å². The minimum absolute atomic E-state index is 0.0347. The molecule has 0 radical (unpaired) electrons. The third-order valence-electron chi connectivity index (χ3n) is 2.60. The van der Waals surface area contributed by atoms with Gasteiger partial charge in [-0.2, -0.15) is 0 Å². The summed E-state index contributed by atoms with van der Waals surface area (Å²) in [6.07, 6.45) is 0. The van der Waals surface area contributed by atoms with Crippen molar-refractivity contribution >= 4 is 21.8 Å². The van der Waals surface area contributed by atoms with Gasteiger partial charge in [0, 0.05) is 23.5 Å². The standard InChI is InChI=1S/C12H18BrN3O/c1-9(12(14)15-17)7-16(2)8-10-5-3-4-6-11(10)13/h3-6,9,17H,7-8H2,1-2H3,(H2,14,15). The van der Waals surface area contributed by atoms with Crippen LogP contribution in [-0.4, -0.2) is 29.5 Å². The first kappa shape index (κ1) is 14.0. The number of benzene rings is 1. The first-order chi connectivity index (χ1) is 8.04. The normalized spacial score (nSPS) is 14.0. The predicted molar refractivity (Wildman–Crippen MR) is 73.0 cm³/mol. The fourth-order valence-corrected chi connectivity index (χ4v) is 2.05. The van der Waals surface area contributed by atoms with Crippen molar-refractivity contribution in [1.82, 2.24) is 4.90 Å². The zero-order valence-electron chi connectivity index (χ0n) is 10.1. The zero-order chi connectivity index (χ0) is 12.8. The van der Waals surface area contributed by atoms with E-state index in [0.717, 1.165) is 17.6 Å². The predicted octanol–water partition coefficient (Wildman–Crippen LogP) is 2.26. The van der Waals surface area contributed by atoms with Crippen molar-refractivity contribution < 1.29 is 5.21 Å². The van der Waals surface area contributed by atoms with Crippen LogP contribution in [0, 0.1) is 5.92 Å². The minimum Gasteiger partial charge on any atom is -0.409 e. The van der Waals surface area contributed by atoms with E-state index >= 15 is 0 Å². The summed E-state index contributed by atoms with van der Waals surface area (Å²) in [6.45, 7) is 3.51. The Morgan fingerprint density at radius 3 is 2.76 bits per heavy atom. The lowest BCUT2D eigenvalue weighted by Crippen LogP contribution is -2.32. The Kier molecular flexibility index (Phi) is 5.44. The van der Waals surface area contributed by atoms with Crippen molar-refractivity contribution in [3.8, 4) is 0 Å². The molecule has 0 amide bonds. The summed E-state index contributed by atoms with van der Waals surface area (Å²) in [5, 5.41) is 11.6. The third kappa shape index (κ3) is 4.36. The minimum atomic E-state index is 0.0347. The second-order valence-electron chi connectivity index (χ2n) is 4.21. The summed E-state index contributed by atoms with van der Waals surface area (Å²) >= 11 is 3.52. The molecule has 1 unspecified atom stereocenters. The highest BCUT2D eigenvalue weighted by Crippen LogP contribution is 2.17. The summed E-state index contributed by atoms with van der Waals surface area (Å²) < 4.78 is 1.10. The molecule has 0 bridgehead atoms. The maximum Gasteiger partial charge on any atom is 0.143 e. The van der Waals surface area contributed by atoms with Crippen LogP contribution >= 0.6 is 15.9 Å². The smallest absolute Gasteiger partial charge is 0.143 e. The van der Waals surface area contributed by atoms with E-state index in [0.29, 0.717) is 0 Å². The van der Waals surface area contributed by atoms with Gasteiger partial charge in [-0.25, -0.2) is 0 Å². The molecule has 0 heterocycles. The Balaban J connectivity index is 2.56. The van der Waals surface area contributed by atoms with Crippen molar-refractivity contribution in [2.24, 2.45) is 16.8 Å². The second-order valence-corrected chi connectivity index (χ2v) is 5.07. The molecule has 1 rings (SSSR count). The molecule has 17 heavy (non-hydrogen) atoms. The lowest BCUT2D eigenvalue weighted by atomic mass is 10.1. The fraction of sp³-hybridized carbons (Fsp3) is 0.417. The molecule has 0 aliphatic heterocycles. The SMILES string of the molecule is CC(CN(C)Cc1ccccc1Br)/C(N)=N/O. The van der Waals surface area contributed by atoms with Crippen molar-refractivity contribution in [2.75, 3.05) is 13.6 Å². The van der Waals surface area contributed by atoms with Gasteiger partial charge in [-0.3, -0.25) is 0 Å². The van der Waals surface area contributed by atoms with E-state index < -0.39 is 0 Å². The number of nitrogens with two attached hydrogens (primary N) is 1. The summed E-state index contributed by atoms with van der Waals surface area (Å²) in [5.41, 5.74) is 6.78. The van der Waals surface area contributed by atoms with Crippen LogP contribution in [-0.2, 0) is 6.54 Å². The van der Waals surface area contributed by atoms with E-state index in [2.05, 4.69) is 32.1 Å². The Labute approximate surface area is 110 Å². The van der Waals surface area contributed by atoms with E-state index in [1.807, 2.05) is 32.2 Å². The molecule has 94 valence electrons. The largest absolute Gasteiger partial charge is 0.409 e. The van der Waals surface area contributed by atoms with Gasteiger partial charge in [-0.05, 0) is 18.7 Å². The van der Waals surface area contributed by atoms with E-state index in [9.17, 15) is 0 Å². The average Bonchev–Trinajstić information content (AvgIpc) is 2.31. The Morgan fingerprint density at radius 2 is 2.18 bits per heavy atom. The van der Waals surface area contributed by atoms with Gasteiger partial charge in [0.05, 0.1) is 0 Å². The lowest BCUT2D eigenvalue weighted by molar-refractivity contribution is 0.290. The number of rotatable bonds is 5. The van der Waals surface area contributed by atoms with Gasteiger partial charge in [0.2, 0.25) is 0 Å². The summed E-state index contributed by atoms with van der Waals surface area (Å²) in [4.78, 5) is 2.14. The molecule has 4 nitrogen and oxygen atoms in total. The Morgan fingerprint density at radius 1 is 1.53 bits per heavy atom. The molecule has 0 fully saturated rings. The Hall–Kier alpha value is -1.07. The summed E-state index contributed by atoms with van der Waals surface area (Å²) in [6, 6.07) is 8.11. The van der Waals surface area contributed by atoms with Crippen LogP contribution in [0.2, 0.25) is 0 Å². The molecule has 1 aromatic carbocycles. The van der Waals surface area contributed by atoms with Gasteiger partial charge in [-0.15, -0.1) is 0 Å². The lowest BCUT2D eigenvalue weighted by Gasteiger charge is -2.21. The fourth-order valence-electron chi connectivity index (χ4n) is 1.64. The number of halogens is 1. The van der Waals surface area contributed by atoms with Crippen molar-refractivity contribution in [1.29, 1.82) is 0 Å². The number of nitrogens with zero attached hydrogens (tertiary/aromatic N) is 2. The van der Waals surface area contributed by atoms with Gasteiger partial charge in [-0.1, -0.05) is 46.2 Å². The first-order valence-electron chi connectivity index (χ1n) is 5.44. The molecule has 1 atom stereocenters. The average molecular weight is 300 g/mol. The number of hydrogen-bond acceptors (Lipinski definition) is 3. The molecule has 5 heteroatoms. The molecular formula is C12H18BrN3O. The molecule has 0 spiro atoms. The number of hydrogen-bond donors (Lipinski definition) is 2. The van der Waals surface area contributed by atoms with E-state index in [4.69, 9.17) is 10.9 Å². The number of oxime groups is 1. The molecule has 0 saturated carbocycles. The topological polar surface area (TPSA) is 61.8 Å². The maximum absolute atomic E-state index is 8.59. The van der Waals surface area contributed by atoms with Gasteiger partial charge < -0.3 is 15.8 Å². The molecule has 0 aliphatic rings. The molecule has 0 aromatic heterocycles. The molecule has 0 aliphatic carbocycles. The number of amidine groups is 1. The summed E-state index contributed by atoms with van der Waals surface area (Å²) in [5.74, 6) is 0.302. The van der Waals surface area contributed by atoms with E-state index in [1.165, 1.54) is 5.56 Å². The van der Waals surface area contributed by atoms with Crippen LogP contribution in [0.5, 0.6) is 0 Å². The molecule has 0 saturated heterocycles. The molecular weight excluding hydrogens is 282 g/mol. The van der Waals surface area contributed by atoms with Crippen LogP contribution in [0.4, 0.5) is 0 Å². The van der Waals surface area contributed by atoms with E-state index in [-0.39, 0.29) is 11.8 Å². The van der Waals surface area contributed by atoms with Crippen molar-refractivity contribution in [3.63, 3.8) is 0 Å². The highest BCUT2D eigenvalue weighted by molar-refractivity contribution is 9.10. The highest BCUT2D eigenvalue weighted by atomic mass is 79.9. The monoisotopic (exact) mass is 299 g/mol. The van der Waals surface area contributed by atoms with Crippen LogP contribution < -0.4 is 5.73 Å². The quantitative estimate of drug-likeness (QED) is 0.379. The zero-order valence-corrected chi connectivity index (χ0v) is 11.7.